The average Bonchev–Trinajstić information content (AvgIpc) is 2.79. The van der Waals surface area contributed by atoms with Gasteiger partial charge in [-0.3, -0.25) is 9.69 Å². The maximum Gasteiger partial charge on any atom is 0.228 e. The number of hydrogen-bond donors (Lipinski definition) is 1. The van der Waals surface area contributed by atoms with Crippen LogP contribution in [0.5, 0.6) is 11.5 Å². The molecule has 166 valence electrons. The Labute approximate surface area is 196 Å². The maximum absolute atomic E-state index is 14.2. The molecule has 4 rings (SSSR count). The van der Waals surface area contributed by atoms with Crippen molar-refractivity contribution in [3.63, 3.8) is 0 Å². The molecule has 1 aliphatic heterocycles. The van der Waals surface area contributed by atoms with E-state index in [4.69, 9.17) is 27.9 Å². The quantitative estimate of drug-likeness (QED) is 0.429. The zero-order valence-electron chi connectivity index (χ0n) is 17.4. The lowest BCUT2D eigenvalue weighted by Gasteiger charge is -2.32. The number of hydrogen-bond acceptors (Lipinski definition) is 3. The van der Waals surface area contributed by atoms with Crippen LogP contribution in [0.3, 0.4) is 0 Å². The second-order valence-corrected chi connectivity index (χ2v) is 8.66. The number of piperidine rings is 1. The van der Waals surface area contributed by atoms with Crippen molar-refractivity contribution < 1.29 is 13.9 Å². The molecule has 0 aromatic heterocycles. The van der Waals surface area contributed by atoms with Crippen LogP contribution in [0, 0.1) is 11.7 Å². The Bertz CT molecular complexity index is 1070. The van der Waals surface area contributed by atoms with Gasteiger partial charge in [0, 0.05) is 28.7 Å². The third-order valence-corrected chi connectivity index (χ3v) is 6.08. The SMILES string of the molecule is O=C(Nc1cc(Cl)ccc1Oc1ccccc1)C1CCCN(Cc2c(F)cccc2Cl)C1. The summed E-state index contributed by atoms with van der Waals surface area (Å²) in [5, 5.41) is 3.87. The van der Waals surface area contributed by atoms with Gasteiger partial charge in [0.25, 0.3) is 0 Å². The number of nitrogens with one attached hydrogen (secondary N) is 1. The fourth-order valence-electron chi connectivity index (χ4n) is 3.86. The van der Waals surface area contributed by atoms with E-state index in [1.165, 1.54) is 6.07 Å². The number of rotatable bonds is 6. The summed E-state index contributed by atoms with van der Waals surface area (Å²) in [6.45, 7) is 1.68. The smallest absolute Gasteiger partial charge is 0.228 e. The Hall–Kier alpha value is -2.60. The van der Waals surface area contributed by atoms with Gasteiger partial charge in [-0.25, -0.2) is 4.39 Å². The van der Waals surface area contributed by atoms with Crippen LogP contribution in [-0.4, -0.2) is 23.9 Å². The lowest BCUT2D eigenvalue weighted by Crippen LogP contribution is -2.40. The largest absolute Gasteiger partial charge is 0.455 e. The number of ether oxygens (including phenoxy) is 1. The molecule has 1 saturated heterocycles. The Kier molecular flexibility index (Phi) is 7.30. The molecule has 0 radical (unpaired) electrons. The Morgan fingerprint density at radius 1 is 1.09 bits per heavy atom. The summed E-state index contributed by atoms with van der Waals surface area (Å²) in [5.41, 5.74) is 0.976. The zero-order valence-corrected chi connectivity index (χ0v) is 18.9. The molecule has 1 N–H and O–H groups in total. The minimum atomic E-state index is -0.328. The monoisotopic (exact) mass is 472 g/mol. The van der Waals surface area contributed by atoms with E-state index in [-0.39, 0.29) is 17.6 Å². The molecule has 1 fully saturated rings. The van der Waals surface area contributed by atoms with Crippen molar-refractivity contribution in [1.29, 1.82) is 0 Å². The van der Waals surface area contributed by atoms with Crippen molar-refractivity contribution in [1.82, 2.24) is 4.90 Å². The third kappa shape index (κ3) is 5.60. The number of amides is 1. The summed E-state index contributed by atoms with van der Waals surface area (Å²) < 4.78 is 20.1. The maximum atomic E-state index is 14.2. The van der Waals surface area contributed by atoms with Gasteiger partial charge in [0.1, 0.15) is 11.6 Å². The first-order valence-electron chi connectivity index (χ1n) is 10.5. The molecular weight excluding hydrogens is 450 g/mol. The molecule has 1 atom stereocenters. The van der Waals surface area contributed by atoms with Crippen molar-refractivity contribution in [3.05, 3.63) is 88.2 Å². The van der Waals surface area contributed by atoms with Crippen LogP contribution in [0.25, 0.3) is 0 Å². The van der Waals surface area contributed by atoms with Gasteiger partial charge in [0.05, 0.1) is 11.6 Å². The first kappa shape index (κ1) is 22.6. The van der Waals surface area contributed by atoms with Gasteiger partial charge in [-0.2, -0.15) is 0 Å². The lowest BCUT2D eigenvalue weighted by molar-refractivity contribution is -0.121. The highest BCUT2D eigenvalue weighted by Crippen LogP contribution is 2.33. The van der Waals surface area contributed by atoms with E-state index in [9.17, 15) is 9.18 Å². The minimum Gasteiger partial charge on any atom is -0.455 e. The van der Waals surface area contributed by atoms with Crippen LogP contribution >= 0.6 is 23.2 Å². The molecule has 1 heterocycles. The van der Waals surface area contributed by atoms with Crippen LogP contribution in [0.15, 0.2) is 66.7 Å². The number of benzene rings is 3. The molecule has 4 nitrogen and oxygen atoms in total. The van der Waals surface area contributed by atoms with E-state index in [2.05, 4.69) is 10.2 Å². The Morgan fingerprint density at radius 3 is 2.69 bits per heavy atom. The van der Waals surface area contributed by atoms with Crippen molar-refractivity contribution >= 4 is 34.8 Å². The second-order valence-electron chi connectivity index (χ2n) is 7.82. The number of para-hydroxylation sites is 1. The van der Waals surface area contributed by atoms with Gasteiger partial charge < -0.3 is 10.1 Å². The molecular formula is C25H23Cl2FN2O2. The van der Waals surface area contributed by atoms with Crippen LogP contribution < -0.4 is 10.1 Å². The summed E-state index contributed by atoms with van der Waals surface area (Å²) in [4.78, 5) is 15.1. The topological polar surface area (TPSA) is 41.6 Å². The average molecular weight is 473 g/mol. The number of likely N-dealkylation sites (tertiary alicyclic amines) is 1. The summed E-state index contributed by atoms with van der Waals surface area (Å²) in [7, 11) is 0. The van der Waals surface area contributed by atoms with E-state index < -0.39 is 0 Å². The van der Waals surface area contributed by atoms with E-state index >= 15 is 0 Å². The Balaban J connectivity index is 1.45. The van der Waals surface area contributed by atoms with Gasteiger partial charge in [-0.1, -0.05) is 47.5 Å². The lowest BCUT2D eigenvalue weighted by atomic mass is 9.96. The Morgan fingerprint density at radius 2 is 1.91 bits per heavy atom. The minimum absolute atomic E-state index is 0.116. The van der Waals surface area contributed by atoms with Crippen molar-refractivity contribution in [2.45, 2.75) is 19.4 Å². The summed E-state index contributed by atoms with van der Waals surface area (Å²) in [5.74, 6) is 0.494. The molecule has 3 aromatic carbocycles. The molecule has 1 unspecified atom stereocenters. The number of nitrogens with zero attached hydrogens (tertiary/aromatic N) is 1. The summed E-state index contributed by atoms with van der Waals surface area (Å²) >= 11 is 12.4. The molecule has 0 saturated carbocycles. The zero-order chi connectivity index (χ0) is 22.5. The summed E-state index contributed by atoms with van der Waals surface area (Å²) in [6.07, 6.45) is 1.59. The third-order valence-electron chi connectivity index (χ3n) is 5.49. The molecule has 32 heavy (non-hydrogen) atoms. The van der Waals surface area contributed by atoms with E-state index in [1.54, 1.807) is 30.3 Å². The number of carbonyl (C=O) groups is 1. The number of anilines is 1. The second kappa shape index (κ2) is 10.3. The van der Waals surface area contributed by atoms with Crippen molar-refractivity contribution in [2.75, 3.05) is 18.4 Å². The first-order valence-corrected chi connectivity index (χ1v) is 11.2. The number of halogens is 3. The van der Waals surface area contributed by atoms with Gasteiger partial charge in [-0.05, 0) is 61.9 Å². The van der Waals surface area contributed by atoms with Crippen molar-refractivity contribution in [3.8, 4) is 11.5 Å². The highest BCUT2D eigenvalue weighted by molar-refractivity contribution is 6.31. The molecule has 0 spiro atoms. The van der Waals surface area contributed by atoms with Crippen LogP contribution in [0.4, 0.5) is 10.1 Å². The van der Waals surface area contributed by atoms with E-state index in [1.807, 2.05) is 30.3 Å². The van der Waals surface area contributed by atoms with Gasteiger partial charge in [-0.15, -0.1) is 0 Å². The highest BCUT2D eigenvalue weighted by atomic mass is 35.5. The molecule has 0 bridgehead atoms. The number of carbonyl (C=O) groups excluding carboxylic acids is 1. The fourth-order valence-corrected chi connectivity index (χ4v) is 4.25. The van der Waals surface area contributed by atoms with Crippen LogP contribution in [0.1, 0.15) is 18.4 Å². The van der Waals surface area contributed by atoms with E-state index in [0.717, 1.165) is 19.4 Å². The molecule has 1 amide bonds. The van der Waals surface area contributed by atoms with Gasteiger partial charge in [0.15, 0.2) is 5.75 Å². The molecule has 3 aromatic rings. The predicted octanol–water partition coefficient (Wildman–Crippen LogP) is 6.78. The molecule has 1 aliphatic rings. The fraction of sp³-hybridized carbons (Fsp3) is 0.240. The van der Waals surface area contributed by atoms with Crippen LogP contribution in [-0.2, 0) is 11.3 Å². The predicted molar refractivity (Wildman–Crippen MR) is 126 cm³/mol. The molecule has 0 aliphatic carbocycles. The van der Waals surface area contributed by atoms with E-state index in [0.29, 0.717) is 45.9 Å². The first-order chi connectivity index (χ1) is 15.5. The standard InChI is InChI=1S/C25H23Cl2FN2O2/c26-18-11-12-24(32-19-7-2-1-3-8-19)23(14-18)29-25(31)17-6-5-13-30(15-17)16-20-21(27)9-4-10-22(20)28/h1-4,7-12,14,17H,5-6,13,15-16H2,(H,29,31). The highest BCUT2D eigenvalue weighted by Gasteiger charge is 2.27. The normalized spacial score (nSPS) is 16.5. The van der Waals surface area contributed by atoms with Crippen LogP contribution in [0.2, 0.25) is 10.0 Å². The summed E-state index contributed by atoms with van der Waals surface area (Å²) in [6, 6.07) is 19.1. The van der Waals surface area contributed by atoms with Crippen molar-refractivity contribution in [2.24, 2.45) is 5.92 Å². The van der Waals surface area contributed by atoms with Gasteiger partial charge >= 0.3 is 0 Å². The van der Waals surface area contributed by atoms with Gasteiger partial charge in [0.2, 0.25) is 5.91 Å². The molecule has 7 heteroatoms.